The fourth-order valence-electron chi connectivity index (χ4n) is 4.67. The molecular formula is C24H35FN4O. The van der Waals surface area contributed by atoms with E-state index in [1.165, 1.54) is 19.3 Å². The number of benzene rings is 1. The van der Waals surface area contributed by atoms with Gasteiger partial charge in [0, 0.05) is 45.1 Å². The minimum atomic E-state index is -0.114. The summed E-state index contributed by atoms with van der Waals surface area (Å²) in [4.78, 5) is 16.6. The topological polar surface area (TPSA) is 59.4 Å². The minimum absolute atomic E-state index is 0.0941. The van der Waals surface area contributed by atoms with Crippen LogP contribution < -0.4 is 10.2 Å². The third kappa shape index (κ3) is 6.70. The summed E-state index contributed by atoms with van der Waals surface area (Å²) < 4.78 is 14.2. The van der Waals surface area contributed by atoms with Gasteiger partial charge in [-0.3, -0.25) is 9.69 Å². The normalized spacial score (nSPS) is 22.5. The Kier molecular flexibility index (Phi) is 8.50. The molecule has 5 nitrogen and oxygen atoms in total. The van der Waals surface area contributed by atoms with Crippen LogP contribution in [0.5, 0.6) is 0 Å². The van der Waals surface area contributed by atoms with Gasteiger partial charge in [0.1, 0.15) is 5.82 Å². The first kappa shape index (κ1) is 22.6. The molecule has 1 aromatic carbocycles. The Bertz CT molecular complexity index is 731. The third-order valence-electron chi connectivity index (χ3n) is 6.57. The Labute approximate surface area is 180 Å². The van der Waals surface area contributed by atoms with E-state index in [2.05, 4.69) is 21.2 Å². The first-order valence-electron chi connectivity index (χ1n) is 11.4. The fourth-order valence-corrected chi connectivity index (χ4v) is 4.67. The molecular weight excluding hydrogens is 379 g/mol. The molecule has 0 spiro atoms. The summed E-state index contributed by atoms with van der Waals surface area (Å²) in [6.07, 6.45) is 7.27. The lowest BCUT2D eigenvalue weighted by atomic mass is 9.84. The van der Waals surface area contributed by atoms with Crippen LogP contribution in [0.25, 0.3) is 0 Å². The molecule has 6 heteroatoms. The zero-order chi connectivity index (χ0) is 21.3. The highest BCUT2D eigenvalue weighted by molar-refractivity contribution is 5.76. The molecule has 3 rings (SSSR count). The van der Waals surface area contributed by atoms with Crippen LogP contribution in [0.4, 0.5) is 10.1 Å². The number of hydrogen-bond acceptors (Lipinski definition) is 4. The van der Waals surface area contributed by atoms with Crippen molar-refractivity contribution in [3.8, 4) is 6.07 Å². The van der Waals surface area contributed by atoms with E-state index < -0.39 is 0 Å². The number of anilines is 1. The van der Waals surface area contributed by atoms with Gasteiger partial charge in [-0.2, -0.15) is 5.26 Å². The monoisotopic (exact) mass is 414 g/mol. The molecule has 1 amide bonds. The SMILES string of the molecule is Cc1ccc(N2CCN(CCC3CCC(NC(=O)CCCC#N)CC3)CC2)c(F)c1. The maximum atomic E-state index is 14.2. The van der Waals surface area contributed by atoms with Gasteiger partial charge in [0.25, 0.3) is 0 Å². The largest absolute Gasteiger partial charge is 0.367 e. The molecule has 1 saturated heterocycles. The maximum absolute atomic E-state index is 14.2. The molecule has 0 unspecified atom stereocenters. The molecule has 1 saturated carbocycles. The Morgan fingerprint density at radius 1 is 1.20 bits per heavy atom. The van der Waals surface area contributed by atoms with Gasteiger partial charge in [-0.1, -0.05) is 6.07 Å². The predicted octanol–water partition coefficient (Wildman–Crippen LogP) is 4.02. The first-order chi connectivity index (χ1) is 14.5. The highest BCUT2D eigenvalue weighted by atomic mass is 19.1. The zero-order valence-electron chi connectivity index (χ0n) is 18.2. The smallest absolute Gasteiger partial charge is 0.220 e. The van der Waals surface area contributed by atoms with E-state index >= 15 is 0 Å². The molecule has 1 aliphatic heterocycles. The molecule has 1 N–H and O–H groups in total. The summed E-state index contributed by atoms with van der Waals surface area (Å²) in [6.45, 7) is 6.77. The molecule has 0 aromatic heterocycles. The lowest BCUT2D eigenvalue weighted by molar-refractivity contribution is -0.122. The molecule has 0 bridgehead atoms. The lowest BCUT2D eigenvalue weighted by Crippen LogP contribution is -2.47. The van der Waals surface area contributed by atoms with Gasteiger partial charge in [-0.15, -0.1) is 0 Å². The molecule has 30 heavy (non-hydrogen) atoms. The van der Waals surface area contributed by atoms with Crippen LogP contribution in [0.2, 0.25) is 0 Å². The zero-order valence-corrected chi connectivity index (χ0v) is 18.2. The van der Waals surface area contributed by atoms with Crippen molar-refractivity contribution in [1.29, 1.82) is 5.26 Å². The van der Waals surface area contributed by atoms with E-state index in [0.717, 1.165) is 62.7 Å². The Morgan fingerprint density at radius 3 is 2.60 bits per heavy atom. The number of halogens is 1. The van der Waals surface area contributed by atoms with E-state index in [-0.39, 0.29) is 11.7 Å². The van der Waals surface area contributed by atoms with Crippen molar-refractivity contribution in [3.63, 3.8) is 0 Å². The van der Waals surface area contributed by atoms with E-state index in [9.17, 15) is 9.18 Å². The summed E-state index contributed by atoms with van der Waals surface area (Å²) in [6, 6.07) is 7.90. The van der Waals surface area contributed by atoms with Gasteiger partial charge < -0.3 is 10.2 Å². The highest BCUT2D eigenvalue weighted by Gasteiger charge is 2.24. The number of carbonyl (C=O) groups is 1. The van der Waals surface area contributed by atoms with Crippen molar-refractivity contribution >= 4 is 11.6 Å². The maximum Gasteiger partial charge on any atom is 0.220 e. The van der Waals surface area contributed by atoms with E-state index in [4.69, 9.17) is 5.26 Å². The molecule has 1 aromatic rings. The quantitative estimate of drug-likeness (QED) is 0.653. The number of nitrogens with zero attached hydrogens (tertiary/aromatic N) is 3. The standard InChI is InChI=1S/C24H35FN4O/c1-19-5-10-23(22(25)18-19)29-16-14-28(15-17-29)13-11-20-6-8-21(9-7-20)27-24(30)4-2-3-12-26/h5,10,18,20-21H,2-4,6-9,11,13-17H2,1H3,(H,27,30). The van der Waals surface area contributed by atoms with E-state index in [1.54, 1.807) is 6.07 Å². The summed E-state index contributed by atoms with van der Waals surface area (Å²) in [7, 11) is 0. The van der Waals surface area contributed by atoms with Crippen LogP contribution in [0.1, 0.15) is 56.9 Å². The molecule has 0 radical (unpaired) electrons. The molecule has 0 atom stereocenters. The first-order valence-corrected chi connectivity index (χ1v) is 11.4. The number of nitrogens with one attached hydrogen (secondary N) is 1. The van der Waals surface area contributed by atoms with Gasteiger partial charge in [-0.25, -0.2) is 4.39 Å². The number of amides is 1. The van der Waals surface area contributed by atoms with Gasteiger partial charge in [0.2, 0.25) is 5.91 Å². The molecule has 1 aliphatic carbocycles. The number of carbonyl (C=O) groups excluding carboxylic acids is 1. The van der Waals surface area contributed by atoms with Gasteiger partial charge in [0.15, 0.2) is 0 Å². The van der Waals surface area contributed by atoms with Crippen LogP contribution in [-0.4, -0.2) is 49.6 Å². The van der Waals surface area contributed by atoms with Crippen molar-refractivity contribution in [2.24, 2.45) is 5.92 Å². The molecule has 1 heterocycles. The van der Waals surface area contributed by atoms with Crippen LogP contribution in [-0.2, 0) is 4.79 Å². The van der Waals surface area contributed by atoms with Crippen molar-refractivity contribution in [2.75, 3.05) is 37.6 Å². The molecule has 164 valence electrons. The number of rotatable bonds is 8. The summed E-state index contributed by atoms with van der Waals surface area (Å²) >= 11 is 0. The molecule has 2 fully saturated rings. The van der Waals surface area contributed by atoms with Gasteiger partial charge in [0.05, 0.1) is 11.8 Å². The number of hydrogen-bond donors (Lipinski definition) is 1. The second-order valence-corrected chi connectivity index (χ2v) is 8.87. The van der Waals surface area contributed by atoms with E-state index in [0.29, 0.717) is 25.3 Å². The summed E-state index contributed by atoms with van der Waals surface area (Å²) in [5, 5.41) is 11.7. The summed E-state index contributed by atoms with van der Waals surface area (Å²) in [5.74, 6) is 0.721. The van der Waals surface area contributed by atoms with Crippen molar-refractivity contribution < 1.29 is 9.18 Å². The summed E-state index contributed by atoms with van der Waals surface area (Å²) in [5.41, 5.74) is 1.69. The second-order valence-electron chi connectivity index (χ2n) is 8.87. The number of aryl methyl sites for hydroxylation is 1. The van der Waals surface area contributed by atoms with Crippen molar-refractivity contribution in [1.82, 2.24) is 10.2 Å². The Hall–Kier alpha value is -2.13. The van der Waals surface area contributed by atoms with Crippen LogP contribution in [0, 0.1) is 30.0 Å². The molecule has 2 aliphatic rings. The van der Waals surface area contributed by atoms with Crippen LogP contribution in [0.3, 0.4) is 0 Å². The minimum Gasteiger partial charge on any atom is -0.367 e. The van der Waals surface area contributed by atoms with Gasteiger partial charge >= 0.3 is 0 Å². The Balaban J connectivity index is 1.31. The third-order valence-corrected chi connectivity index (χ3v) is 6.57. The highest BCUT2D eigenvalue weighted by Crippen LogP contribution is 2.28. The lowest BCUT2D eigenvalue weighted by Gasteiger charge is -2.37. The van der Waals surface area contributed by atoms with Crippen LogP contribution in [0.15, 0.2) is 18.2 Å². The predicted molar refractivity (Wildman–Crippen MR) is 118 cm³/mol. The average molecular weight is 415 g/mol. The van der Waals surface area contributed by atoms with E-state index in [1.807, 2.05) is 19.1 Å². The fraction of sp³-hybridized carbons (Fsp3) is 0.667. The van der Waals surface area contributed by atoms with Crippen LogP contribution >= 0.6 is 0 Å². The van der Waals surface area contributed by atoms with Crippen molar-refractivity contribution in [2.45, 2.75) is 64.3 Å². The van der Waals surface area contributed by atoms with Gasteiger partial charge in [-0.05, 0) is 75.6 Å². The second kappa shape index (κ2) is 11.3. The van der Waals surface area contributed by atoms with Crippen molar-refractivity contribution in [3.05, 3.63) is 29.6 Å². The Morgan fingerprint density at radius 2 is 1.93 bits per heavy atom. The average Bonchev–Trinajstić information content (AvgIpc) is 2.74. The number of unbranched alkanes of at least 4 members (excludes halogenated alkanes) is 1. The number of piperazine rings is 1. The number of nitriles is 1.